The fourth-order valence-corrected chi connectivity index (χ4v) is 1.75. The third kappa shape index (κ3) is 3.39. The van der Waals surface area contributed by atoms with Crippen molar-refractivity contribution in [3.63, 3.8) is 0 Å². The van der Waals surface area contributed by atoms with E-state index in [0.29, 0.717) is 0 Å². The number of benzene rings is 1. The SMILES string of the molecule is COC(=O)c1ccc(-n2ccnc2)cc1N=C(N)N=C(N)N. The summed E-state index contributed by atoms with van der Waals surface area (Å²) >= 11 is 0. The summed E-state index contributed by atoms with van der Waals surface area (Å²) in [5, 5.41) is 0. The Morgan fingerprint density at radius 3 is 2.68 bits per heavy atom. The number of guanidine groups is 2. The molecule has 0 fully saturated rings. The predicted molar refractivity (Wildman–Crippen MR) is 82.0 cm³/mol. The average molecular weight is 301 g/mol. The van der Waals surface area contributed by atoms with E-state index in [0.717, 1.165) is 5.69 Å². The molecule has 0 bridgehead atoms. The number of imidazole rings is 1. The number of nitrogens with two attached hydrogens (primary N) is 3. The number of carbonyl (C=O) groups is 1. The summed E-state index contributed by atoms with van der Waals surface area (Å²) in [6.45, 7) is 0. The Morgan fingerprint density at radius 1 is 1.32 bits per heavy atom. The van der Waals surface area contributed by atoms with Crippen molar-refractivity contribution in [2.24, 2.45) is 27.2 Å². The molecule has 0 saturated heterocycles. The maximum Gasteiger partial charge on any atom is 0.340 e. The highest BCUT2D eigenvalue weighted by molar-refractivity contribution is 5.98. The molecule has 1 aromatic carbocycles. The Morgan fingerprint density at radius 2 is 2.09 bits per heavy atom. The molecule has 1 heterocycles. The van der Waals surface area contributed by atoms with Crippen LogP contribution in [0.2, 0.25) is 0 Å². The van der Waals surface area contributed by atoms with E-state index in [1.54, 1.807) is 41.5 Å². The lowest BCUT2D eigenvalue weighted by Crippen LogP contribution is -2.26. The normalized spacial score (nSPS) is 11.0. The van der Waals surface area contributed by atoms with Crippen LogP contribution in [0, 0.1) is 0 Å². The molecule has 2 rings (SSSR count). The monoisotopic (exact) mass is 301 g/mol. The summed E-state index contributed by atoms with van der Waals surface area (Å²) in [6.07, 6.45) is 4.99. The highest BCUT2D eigenvalue weighted by atomic mass is 16.5. The van der Waals surface area contributed by atoms with Crippen LogP contribution >= 0.6 is 0 Å². The molecule has 6 N–H and O–H groups in total. The van der Waals surface area contributed by atoms with E-state index in [1.165, 1.54) is 7.11 Å². The molecule has 0 aliphatic rings. The van der Waals surface area contributed by atoms with Crippen molar-refractivity contribution < 1.29 is 9.53 Å². The van der Waals surface area contributed by atoms with Crippen LogP contribution in [0.5, 0.6) is 0 Å². The van der Waals surface area contributed by atoms with Crippen molar-refractivity contribution in [3.05, 3.63) is 42.5 Å². The fraction of sp³-hybridized carbons (Fsp3) is 0.0769. The molecule has 1 aromatic heterocycles. The van der Waals surface area contributed by atoms with Gasteiger partial charge in [-0.25, -0.2) is 14.8 Å². The topological polar surface area (TPSA) is 147 Å². The van der Waals surface area contributed by atoms with Gasteiger partial charge >= 0.3 is 5.97 Å². The van der Waals surface area contributed by atoms with Gasteiger partial charge in [0.25, 0.3) is 0 Å². The molecule has 0 amide bonds. The van der Waals surface area contributed by atoms with Crippen molar-refractivity contribution in [2.75, 3.05) is 7.11 Å². The number of aromatic nitrogens is 2. The molecule has 114 valence electrons. The molecule has 0 aliphatic heterocycles. The lowest BCUT2D eigenvalue weighted by Gasteiger charge is -2.08. The van der Waals surface area contributed by atoms with Crippen LogP contribution in [0.4, 0.5) is 5.69 Å². The molecule has 0 atom stereocenters. The molecule has 9 heteroatoms. The summed E-state index contributed by atoms with van der Waals surface area (Å²) in [4.78, 5) is 23.4. The van der Waals surface area contributed by atoms with Gasteiger partial charge in [0, 0.05) is 18.1 Å². The number of hydrogen-bond acceptors (Lipinski definition) is 4. The number of methoxy groups -OCH3 is 1. The quantitative estimate of drug-likeness (QED) is 0.409. The Hall–Kier alpha value is -3.36. The molecule has 0 spiro atoms. The Kier molecular flexibility index (Phi) is 4.37. The predicted octanol–water partition coefficient (Wildman–Crippen LogP) is -0.121. The lowest BCUT2D eigenvalue weighted by atomic mass is 10.1. The Balaban J connectivity index is 2.53. The summed E-state index contributed by atoms with van der Waals surface area (Å²) in [5.41, 5.74) is 17.4. The third-order valence-corrected chi connectivity index (χ3v) is 2.67. The second-order valence-corrected chi connectivity index (χ2v) is 4.17. The average Bonchev–Trinajstić information content (AvgIpc) is 2.99. The lowest BCUT2D eigenvalue weighted by molar-refractivity contribution is 0.0602. The van der Waals surface area contributed by atoms with Gasteiger partial charge < -0.3 is 26.5 Å². The van der Waals surface area contributed by atoms with Crippen LogP contribution in [0.25, 0.3) is 5.69 Å². The van der Waals surface area contributed by atoms with Crippen molar-refractivity contribution >= 4 is 23.6 Å². The zero-order valence-electron chi connectivity index (χ0n) is 11.8. The molecular formula is C13H15N7O2. The van der Waals surface area contributed by atoms with E-state index in [2.05, 4.69) is 15.0 Å². The zero-order chi connectivity index (χ0) is 16.1. The summed E-state index contributed by atoms with van der Waals surface area (Å²) in [6, 6.07) is 4.94. The summed E-state index contributed by atoms with van der Waals surface area (Å²) in [7, 11) is 1.28. The van der Waals surface area contributed by atoms with Crippen LogP contribution in [-0.4, -0.2) is 34.5 Å². The number of rotatable bonds is 3. The van der Waals surface area contributed by atoms with E-state index in [1.807, 2.05) is 0 Å². The summed E-state index contributed by atoms with van der Waals surface area (Å²) < 4.78 is 6.46. The van der Waals surface area contributed by atoms with E-state index in [9.17, 15) is 4.79 Å². The van der Waals surface area contributed by atoms with Crippen LogP contribution in [0.15, 0.2) is 46.9 Å². The second-order valence-electron chi connectivity index (χ2n) is 4.17. The van der Waals surface area contributed by atoms with Crippen molar-refractivity contribution in [1.82, 2.24) is 9.55 Å². The Bertz CT molecular complexity index is 731. The number of carbonyl (C=O) groups excluding carboxylic acids is 1. The van der Waals surface area contributed by atoms with Gasteiger partial charge in [-0.2, -0.15) is 4.99 Å². The van der Waals surface area contributed by atoms with E-state index >= 15 is 0 Å². The van der Waals surface area contributed by atoms with Crippen LogP contribution in [0.3, 0.4) is 0 Å². The van der Waals surface area contributed by atoms with Gasteiger partial charge in [-0.15, -0.1) is 0 Å². The van der Waals surface area contributed by atoms with Gasteiger partial charge in [-0.05, 0) is 18.2 Å². The van der Waals surface area contributed by atoms with E-state index in [-0.39, 0.29) is 23.2 Å². The first kappa shape index (κ1) is 15.0. The van der Waals surface area contributed by atoms with Gasteiger partial charge in [0.2, 0.25) is 5.96 Å². The number of nitrogens with zero attached hydrogens (tertiary/aromatic N) is 4. The second kappa shape index (κ2) is 6.39. The Labute approximate surface area is 126 Å². The first-order valence-electron chi connectivity index (χ1n) is 6.15. The van der Waals surface area contributed by atoms with Crippen molar-refractivity contribution in [1.29, 1.82) is 0 Å². The molecule has 22 heavy (non-hydrogen) atoms. The molecule has 0 radical (unpaired) electrons. The largest absolute Gasteiger partial charge is 0.465 e. The van der Waals surface area contributed by atoms with Gasteiger partial charge in [-0.3, -0.25) is 0 Å². The standard InChI is InChI=1S/C13H15N7O2/c1-22-11(21)9-3-2-8(20-5-4-17-7-20)6-10(9)18-13(16)19-12(14)15/h2-7H,1H3,(H6,14,15,16,18,19). The van der Waals surface area contributed by atoms with Gasteiger partial charge in [0.05, 0.1) is 24.7 Å². The summed E-state index contributed by atoms with van der Waals surface area (Å²) in [5.74, 6) is -0.951. The minimum absolute atomic E-state index is 0.173. The molecular weight excluding hydrogens is 286 g/mol. The molecule has 0 unspecified atom stereocenters. The fourth-order valence-electron chi connectivity index (χ4n) is 1.75. The van der Waals surface area contributed by atoms with Crippen LogP contribution in [-0.2, 0) is 4.74 Å². The maximum absolute atomic E-state index is 11.8. The molecule has 0 saturated carbocycles. The first-order chi connectivity index (χ1) is 10.5. The van der Waals surface area contributed by atoms with Crippen molar-refractivity contribution in [2.45, 2.75) is 0 Å². The highest BCUT2D eigenvalue weighted by Crippen LogP contribution is 2.24. The minimum Gasteiger partial charge on any atom is -0.465 e. The number of ether oxygens (including phenoxy) is 1. The number of esters is 1. The first-order valence-corrected chi connectivity index (χ1v) is 6.15. The van der Waals surface area contributed by atoms with Gasteiger partial charge in [-0.1, -0.05) is 0 Å². The van der Waals surface area contributed by atoms with Crippen LogP contribution < -0.4 is 17.2 Å². The van der Waals surface area contributed by atoms with E-state index < -0.39 is 5.97 Å². The van der Waals surface area contributed by atoms with Crippen LogP contribution in [0.1, 0.15) is 10.4 Å². The molecule has 9 nitrogen and oxygen atoms in total. The van der Waals surface area contributed by atoms with Gasteiger partial charge in [0.1, 0.15) is 0 Å². The number of hydrogen-bond donors (Lipinski definition) is 3. The smallest absolute Gasteiger partial charge is 0.340 e. The zero-order valence-corrected chi connectivity index (χ0v) is 11.8. The minimum atomic E-state index is -0.548. The highest BCUT2D eigenvalue weighted by Gasteiger charge is 2.13. The third-order valence-electron chi connectivity index (χ3n) is 2.67. The maximum atomic E-state index is 11.8. The van der Waals surface area contributed by atoms with Gasteiger partial charge in [0.15, 0.2) is 5.96 Å². The molecule has 2 aromatic rings. The van der Waals surface area contributed by atoms with Crippen molar-refractivity contribution in [3.8, 4) is 5.69 Å². The molecule has 0 aliphatic carbocycles. The van der Waals surface area contributed by atoms with E-state index in [4.69, 9.17) is 21.9 Å². The number of aliphatic imine (C=N–C) groups is 2.